The third-order valence-corrected chi connectivity index (χ3v) is 7.55. The van der Waals surface area contributed by atoms with Crippen LogP contribution in [0.3, 0.4) is 0 Å². The second-order valence-corrected chi connectivity index (χ2v) is 9.52. The number of halogens is 1. The summed E-state index contributed by atoms with van der Waals surface area (Å²) in [7, 11) is -3.44. The van der Waals surface area contributed by atoms with E-state index < -0.39 is 20.9 Å². The number of rotatable bonds is 6. The van der Waals surface area contributed by atoms with Crippen molar-refractivity contribution in [2.75, 3.05) is 31.5 Å². The van der Waals surface area contributed by atoms with E-state index in [0.29, 0.717) is 19.5 Å². The number of nitrogens with one attached hydrogen (secondary N) is 1. The monoisotopic (exact) mass is 414 g/mol. The van der Waals surface area contributed by atoms with Crippen molar-refractivity contribution in [2.24, 2.45) is 0 Å². The molecular formula is C21H23FN4O2S. The zero-order chi connectivity index (χ0) is 20.4. The molecule has 2 aromatic heterocycles. The van der Waals surface area contributed by atoms with Gasteiger partial charge < -0.3 is 10.2 Å². The fraction of sp³-hybridized carbons (Fsp3) is 0.333. The molecule has 1 aliphatic heterocycles. The Morgan fingerprint density at radius 1 is 1.17 bits per heavy atom. The first-order valence-corrected chi connectivity index (χ1v) is 11.2. The molecule has 3 heterocycles. The van der Waals surface area contributed by atoms with Gasteiger partial charge in [0.05, 0.1) is 15.7 Å². The van der Waals surface area contributed by atoms with E-state index in [9.17, 15) is 12.8 Å². The summed E-state index contributed by atoms with van der Waals surface area (Å²) in [6, 6.07) is 10.9. The van der Waals surface area contributed by atoms with E-state index >= 15 is 0 Å². The number of benzene rings is 1. The summed E-state index contributed by atoms with van der Waals surface area (Å²) < 4.78 is 38.6. The summed E-state index contributed by atoms with van der Waals surface area (Å²) in [5.74, 6) is 0.356. The van der Waals surface area contributed by atoms with Gasteiger partial charge in [0, 0.05) is 36.9 Å². The van der Waals surface area contributed by atoms with Crippen molar-refractivity contribution in [3.63, 3.8) is 0 Å². The molecule has 152 valence electrons. The maximum Gasteiger partial charge on any atom is 0.182 e. The summed E-state index contributed by atoms with van der Waals surface area (Å²) in [6.07, 6.45) is 2.33. The van der Waals surface area contributed by atoms with Crippen molar-refractivity contribution in [3.8, 4) is 0 Å². The molecule has 0 amide bonds. The molecule has 6 nitrogen and oxygen atoms in total. The highest BCUT2D eigenvalue weighted by molar-refractivity contribution is 7.92. The van der Waals surface area contributed by atoms with Crippen LogP contribution in [0.25, 0.3) is 10.9 Å². The minimum Gasteiger partial charge on any atom is -0.369 e. The quantitative estimate of drug-likeness (QED) is 0.625. The lowest BCUT2D eigenvalue weighted by Crippen LogP contribution is -2.30. The van der Waals surface area contributed by atoms with Crippen molar-refractivity contribution in [2.45, 2.75) is 23.5 Å². The minimum absolute atomic E-state index is 0.189. The van der Waals surface area contributed by atoms with E-state index in [1.54, 1.807) is 6.20 Å². The molecule has 1 aliphatic rings. The lowest BCUT2D eigenvalue weighted by atomic mass is 10.2. The van der Waals surface area contributed by atoms with Crippen LogP contribution in [0.5, 0.6) is 0 Å². The number of anilines is 1. The van der Waals surface area contributed by atoms with Gasteiger partial charge in [0.25, 0.3) is 0 Å². The van der Waals surface area contributed by atoms with Crippen molar-refractivity contribution >= 4 is 26.6 Å². The van der Waals surface area contributed by atoms with E-state index in [1.807, 2.05) is 25.1 Å². The molecule has 1 saturated heterocycles. The van der Waals surface area contributed by atoms with Crippen molar-refractivity contribution in [1.29, 1.82) is 0 Å². The van der Waals surface area contributed by atoms with Crippen LogP contribution in [0.4, 0.5) is 10.2 Å². The first-order chi connectivity index (χ1) is 13.9. The highest BCUT2D eigenvalue weighted by atomic mass is 32.2. The molecule has 0 spiro atoms. The van der Waals surface area contributed by atoms with Crippen LogP contribution >= 0.6 is 0 Å². The number of aromatic nitrogens is 2. The SMILES string of the molecule is Cc1nccc2nc(NCCN3CCC(S(=O)(=O)c4ccc(F)cc4)C3)ccc12. The van der Waals surface area contributed by atoms with Gasteiger partial charge in [-0.25, -0.2) is 17.8 Å². The van der Waals surface area contributed by atoms with Gasteiger partial charge in [0.15, 0.2) is 9.84 Å². The zero-order valence-electron chi connectivity index (χ0n) is 16.2. The average molecular weight is 415 g/mol. The van der Waals surface area contributed by atoms with Crippen molar-refractivity contribution in [3.05, 3.63) is 60.2 Å². The number of sulfone groups is 1. The normalized spacial score (nSPS) is 17.7. The molecule has 3 aromatic rings. The van der Waals surface area contributed by atoms with E-state index in [4.69, 9.17) is 0 Å². The average Bonchev–Trinajstić information content (AvgIpc) is 3.18. The Labute approximate surface area is 169 Å². The number of aryl methyl sites for hydroxylation is 1. The molecule has 8 heteroatoms. The predicted octanol–water partition coefficient (Wildman–Crippen LogP) is 3.04. The molecule has 4 rings (SSSR count). The lowest BCUT2D eigenvalue weighted by Gasteiger charge is -2.17. The molecule has 0 saturated carbocycles. The molecular weight excluding hydrogens is 391 g/mol. The number of hydrogen-bond acceptors (Lipinski definition) is 6. The Kier molecular flexibility index (Phi) is 5.47. The standard InChI is InChI=1S/C21H23FN4O2S/c1-15-19-6-7-21(25-20(19)8-10-23-15)24-11-13-26-12-9-18(14-26)29(27,28)17-4-2-16(22)3-5-17/h2-8,10,18H,9,11-14H2,1H3,(H,24,25). The highest BCUT2D eigenvalue weighted by Gasteiger charge is 2.33. The van der Waals surface area contributed by atoms with E-state index in [0.717, 1.165) is 35.5 Å². The van der Waals surface area contributed by atoms with Crippen LogP contribution in [0, 0.1) is 12.7 Å². The van der Waals surface area contributed by atoms with Crippen molar-refractivity contribution < 1.29 is 12.8 Å². The molecule has 0 aliphatic carbocycles. The van der Waals surface area contributed by atoms with Gasteiger partial charge in [-0.15, -0.1) is 0 Å². The van der Waals surface area contributed by atoms with Gasteiger partial charge in [0.2, 0.25) is 0 Å². The lowest BCUT2D eigenvalue weighted by molar-refractivity contribution is 0.352. The number of pyridine rings is 2. The topological polar surface area (TPSA) is 75.2 Å². The maximum absolute atomic E-state index is 13.1. The molecule has 1 aromatic carbocycles. The van der Waals surface area contributed by atoms with Crippen LogP contribution in [0.15, 0.2) is 53.6 Å². The Hall–Kier alpha value is -2.58. The largest absolute Gasteiger partial charge is 0.369 e. The van der Waals surface area contributed by atoms with Crippen LogP contribution in [-0.4, -0.2) is 54.7 Å². The summed E-state index contributed by atoms with van der Waals surface area (Å²) in [5, 5.41) is 3.89. The summed E-state index contributed by atoms with van der Waals surface area (Å²) in [6.45, 7) is 4.57. The molecule has 29 heavy (non-hydrogen) atoms. The second kappa shape index (κ2) is 8.04. The van der Waals surface area contributed by atoms with Crippen molar-refractivity contribution in [1.82, 2.24) is 14.9 Å². The Morgan fingerprint density at radius 3 is 2.76 bits per heavy atom. The van der Waals surface area contributed by atoms with Crippen LogP contribution in [0.1, 0.15) is 12.1 Å². The molecule has 1 unspecified atom stereocenters. The Bertz CT molecular complexity index is 1120. The molecule has 1 atom stereocenters. The molecule has 1 fully saturated rings. The molecule has 0 radical (unpaired) electrons. The van der Waals surface area contributed by atoms with Gasteiger partial charge in [-0.3, -0.25) is 4.98 Å². The smallest absolute Gasteiger partial charge is 0.182 e. The first-order valence-electron chi connectivity index (χ1n) is 9.61. The maximum atomic E-state index is 13.1. The third-order valence-electron chi connectivity index (χ3n) is 5.36. The van der Waals surface area contributed by atoms with Gasteiger partial charge in [-0.1, -0.05) is 0 Å². The van der Waals surface area contributed by atoms with Gasteiger partial charge in [-0.2, -0.15) is 0 Å². The van der Waals surface area contributed by atoms with E-state index in [2.05, 4.69) is 20.2 Å². The Morgan fingerprint density at radius 2 is 1.97 bits per heavy atom. The Balaban J connectivity index is 1.33. The summed E-state index contributed by atoms with van der Waals surface area (Å²) >= 11 is 0. The number of hydrogen-bond donors (Lipinski definition) is 1. The van der Waals surface area contributed by atoms with E-state index in [1.165, 1.54) is 24.3 Å². The second-order valence-electron chi connectivity index (χ2n) is 7.30. The number of nitrogens with zero attached hydrogens (tertiary/aromatic N) is 3. The molecule has 1 N–H and O–H groups in total. The van der Waals surface area contributed by atoms with E-state index in [-0.39, 0.29) is 4.90 Å². The number of fused-ring (bicyclic) bond motifs is 1. The third kappa shape index (κ3) is 4.23. The first kappa shape index (κ1) is 19.7. The minimum atomic E-state index is -3.44. The fourth-order valence-electron chi connectivity index (χ4n) is 3.71. The summed E-state index contributed by atoms with van der Waals surface area (Å²) in [4.78, 5) is 11.2. The highest BCUT2D eigenvalue weighted by Crippen LogP contribution is 2.24. The fourth-order valence-corrected chi connectivity index (χ4v) is 5.43. The van der Waals surface area contributed by atoms with Crippen LogP contribution in [0.2, 0.25) is 0 Å². The van der Waals surface area contributed by atoms with Gasteiger partial charge in [0.1, 0.15) is 11.6 Å². The van der Waals surface area contributed by atoms with Crippen LogP contribution < -0.4 is 5.32 Å². The predicted molar refractivity (Wildman–Crippen MR) is 111 cm³/mol. The zero-order valence-corrected chi connectivity index (χ0v) is 17.0. The summed E-state index contributed by atoms with van der Waals surface area (Å²) in [5.41, 5.74) is 1.85. The molecule has 0 bridgehead atoms. The van der Waals surface area contributed by atoms with Gasteiger partial charge >= 0.3 is 0 Å². The van der Waals surface area contributed by atoms with Crippen LogP contribution in [-0.2, 0) is 9.84 Å². The van der Waals surface area contributed by atoms with Gasteiger partial charge in [-0.05, 0) is 62.4 Å². The number of likely N-dealkylation sites (tertiary alicyclic amines) is 1.